The molecule has 0 saturated heterocycles. The van der Waals surface area contributed by atoms with E-state index in [1.807, 2.05) is 42.6 Å². The first kappa shape index (κ1) is 19.3. The lowest BCUT2D eigenvalue weighted by atomic mass is 10.2. The highest BCUT2D eigenvalue weighted by molar-refractivity contribution is 9.11. The second-order valence-electron chi connectivity index (χ2n) is 5.93. The van der Waals surface area contributed by atoms with Crippen LogP contribution in [0.1, 0.15) is 22.3 Å². The number of aromatic nitrogens is 2. The fourth-order valence-electron chi connectivity index (χ4n) is 2.46. The molecule has 8 heteroatoms. The maximum absolute atomic E-state index is 12.2. The molecule has 3 rings (SSSR count). The molecule has 2 aromatic heterocycles. The number of hydrogen-bond acceptors (Lipinski definition) is 4. The van der Waals surface area contributed by atoms with E-state index in [9.17, 15) is 9.59 Å². The highest BCUT2D eigenvalue weighted by Crippen LogP contribution is 2.21. The molecular formula is C19H19BrN4O2S. The molecule has 1 unspecified atom stereocenters. The van der Waals surface area contributed by atoms with Crippen LogP contribution < -0.4 is 10.6 Å². The first-order valence-corrected chi connectivity index (χ1v) is 10.1. The molecule has 0 saturated carbocycles. The van der Waals surface area contributed by atoms with Crippen molar-refractivity contribution in [3.05, 3.63) is 69.1 Å². The summed E-state index contributed by atoms with van der Waals surface area (Å²) >= 11 is 4.65. The van der Waals surface area contributed by atoms with Crippen molar-refractivity contribution < 1.29 is 9.59 Å². The predicted octanol–water partition coefficient (Wildman–Crippen LogP) is 3.17. The lowest BCUT2D eigenvalue weighted by Crippen LogP contribution is -2.45. The first-order chi connectivity index (χ1) is 13.0. The Bertz CT molecular complexity index is 923. The molecule has 1 atom stereocenters. The number of rotatable bonds is 7. The van der Waals surface area contributed by atoms with Gasteiger partial charge in [-0.25, -0.2) is 4.68 Å². The Morgan fingerprint density at radius 2 is 1.96 bits per heavy atom. The van der Waals surface area contributed by atoms with Crippen molar-refractivity contribution in [1.29, 1.82) is 0 Å². The van der Waals surface area contributed by atoms with Crippen molar-refractivity contribution in [2.75, 3.05) is 6.54 Å². The Balaban J connectivity index is 1.45. The molecule has 2 heterocycles. The van der Waals surface area contributed by atoms with Crippen LogP contribution >= 0.6 is 27.3 Å². The molecule has 0 fully saturated rings. The summed E-state index contributed by atoms with van der Waals surface area (Å²) in [4.78, 5) is 24.8. The van der Waals surface area contributed by atoms with Gasteiger partial charge in [0.05, 0.1) is 20.0 Å². The SMILES string of the molecule is CC(NC(=O)c1ccc(Br)s1)C(=O)NCCc1ccn(-c2ccccc2)n1. The van der Waals surface area contributed by atoms with E-state index in [2.05, 4.69) is 31.7 Å². The van der Waals surface area contributed by atoms with Crippen LogP contribution in [0, 0.1) is 0 Å². The van der Waals surface area contributed by atoms with Crippen LogP contribution in [0.4, 0.5) is 0 Å². The Labute approximate surface area is 169 Å². The molecule has 0 aliphatic carbocycles. The summed E-state index contributed by atoms with van der Waals surface area (Å²) in [5.41, 5.74) is 1.88. The molecule has 0 aliphatic rings. The molecule has 2 N–H and O–H groups in total. The topological polar surface area (TPSA) is 76.0 Å². The van der Waals surface area contributed by atoms with Crippen molar-refractivity contribution in [3.63, 3.8) is 0 Å². The highest BCUT2D eigenvalue weighted by atomic mass is 79.9. The zero-order valence-electron chi connectivity index (χ0n) is 14.7. The van der Waals surface area contributed by atoms with Gasteiger partial charge in [-0.2, -0.15) is 5.10 Å². The van der Waals surface area contributed by atoms with Gasteiger partial charge in [-0.05, 0) is 53.2 Å². The van der Waals surface area contributed by atoms with E-state index < -0.39 is 6.04 Å². The van der Waals surface area contributed by atoms with E-state index in [1.54, 1.807) is 23.7 Å². The van der Waals surface area contributed by atoms with Gasteiger partial charge in [0, 0.05) is 19.2 Å². The Hall–Kier alpha value is -2.45. The predicted molar refractivity (Wildman–Crippen MR) is 109 cm³/mol. The summed E-state index contributed by atoms with van der Waals surface area (Å²) in [5, 5.41) is 10.0. The third kappa shape index (κ3) is 5.27. The minimum absolute atomic E-state index is 0.221. The number of carbonyl (C=O) groups is 2. The van der Waals surface area contributed by atoms with Crippen molar-refractivity contribution in [2.24, 2.45) is 0 Å². The zero-order chi connectivity index (χ0) is 19.2. The Kier molecular flexibility index (Phi) is 6.41. The summed E-state index contributed by atoms with van der Waals surface area (Å²) in [7, 11) is 0. The van der Waals surface area contributed by atoms with Crippen molar-refractivity contribution in [1.82, 2.24) is 20.4 Å². The van der Waals surface area contributed by atoms with Gasteiger partial charge in [0.2, 0.25) is 5.91 Å². The normalized spacial score (nSPS) is 11.8. The molecule has 0 aliphatic heterocycles. The van der Waals surface area contributed by atoms with E-state index in [4.69, 9.17) is 0 Å². The summed E-state index contributed by atoms with van der Waals surface area (Å²) in [6.45, 7) is 2.12. The smallest absolute Gasteiger partial charge is 0.262 e. The second-order valence-corrected chi connectivity index (χ2v) is 8.39. The number of thiophene rings is 1. The largest absolute Gasteiger partial charge is 0.354 e. The second kappa shape index (κ2) is 8.96. The molecule has 140 valence electrons. The van der Waals surface area contributed by atoms with E-state index >= 15 is 0 Å². The number of amides is 2. The van der Waals surface area contributed by atoms with Crippen LogP contribution in [0.25, 0.3) is 5.69 Å². The van der Waals surface area contributed by atoms with Crippen LogP contribution in [0.3, 0.4) is 0 Å². The number of nitrogens with zero attached hydrogens (tertiary/aromatic N) is 2. The van der Waals surface area contributed by atoms with Crippen LogP contribution in [-0.4, -0.2) is 34.2 Å². The van der Waals surface area contributed by atoms with E-state index in [0.717, 1.165) is 15.2 Å². The quantitative estimate of drug-likeness (QED) is 0.584. The Morgan fingerprint density at radius 1 is 1.19 bits per heavy atom. The van der Waals surface area contributed by atoms with Gasteiger partial charge in [0.15, 0.2) is 0 Å². The lowest BCUT2D eigenvalue weighted by molar-refractivity contribution is -0.122. The first-order valence-electron chi connectivity index (χ1n) is 8.47. The number of hydrogen-bond donors (Lipinski definition) is 2. The molecule has 0 spiro atoms. The van der Waals surface area contributed by atoms with Gasteiger partial charge in [-0.1, -0.05) is 18.2 Å². The number of halogens is 1. The van der Waals surface area contributed by atoms with Crippen molar-refractivity contribution >= 4 is 39.1 Å². The summed E-state index contributed by atoms with van der Waals surface area (Å²) in [6.07, 6.45) is 2.51. The third-order valence-corrected chi connectivity index (χ3v) is 5.51. The number of benzene rings is 1. The average molecular weight is 447 g/mol. The summed E-state index contributed by atoms with van der Waals surface area (Å²) < 4.78 is 2.68. The maximum atomic E-state index is 12.2. The molecule has 0 radical (unpaired) electrons. The standard InChI is InChI=1S/C19H19BrN4O2S/c1-13(22-19(26)16-7-8-17(20)27-16)18(25)21-11-9-14-10-12-24(23-14)15-5-3-2-4-6-15/h2-8,10,12-13H,9,11H2,1H3,(H,21,25)(H,22,26). The summed E-state index contributed by atoms with van der Waals surface area (Å²) in [6, 6.07) is 14.7. The van der Waals surface area contributed by atoms with Gasteiger partial charge in [0.25, 0.3) is 5.91 Å². The molecule has 2 amide bonds. The van der Waals surface area contributed by atoms with Crippen LogP contribution in [0.15, 0.2) is 58.5 Å². The molecule has 3 aromatic rings. The van der Waals surface area contributed by atoms with E-state index in [-0.39, 0.29) is 11.8 Å². The molecule has 27 heavy (non-hydrogen) atoms. The average Bonchev–Trinajstić information content (AvgIpc) is 3.31. The number of para-hydroxylation sites is 1. The van der Waals surface area contributed by atoms with Crippen LogP contribution in [0.2, 0.25) is 0 Å². The summed E-state index contributed by atoms with van der Waals surface area (Å²) in [5.74, 6) is -0.476. The lowest BCUT2D eigenvalue weighted by Gasteiger charge is -2.13. The molecule has 6 nitrogen and oxygen atoms in total. The van der Waals surface area contributed by atoms with Crippen LogP contribution in [-0.2, 0) is 11.2 Å². The van der Waals surface area contributed by atoms with E-state index in [1.165, 1.54) is 11.3 Å². The third-order valence-electron chi connectivity index (χ3n) is 3.88. The Morgan fingerprint density at radius 3 is 2.67 bits per heavy atom. The minimum Gasteiger partial charge on any atom is -0.354 e. The highest BCUT2D eigenvalue weighted by Gasteiger charge is 2.17. The maximum Gasteiger partial charge on any atom is 0.262 e. The molecular weight excluding hydrogens is 428 g/mol. The van der Waals surface area contributed by atoms with Gasteiger partial charge in [0.1, 0.15) is 6.04 Å². The van der Waals surface area contributed by atoms with Gasteiger partial charge >= 0.3 is 0 Å². The fourth-order valence-corrected chi connectivity index (χ4v) is 3.75. The van der Waals surface area contributed by atoms with Crippen molar-refractivity contribution in [2.45, 2.75) is 19.4 Å². The van der Waals surface area contributed by atoms with Crippen molar-refractivity contribution in [3.8, 4) is 5.69 Å². The number of nitrogens with one attached hydrogen (secondary N) is 2. The fraction of sp³-hybridized carbons (Fsp3) is 0.211. The molecule has 0 bridgehead atoms. The zero-order valence-corrected chi connectivity index (χ0v) is 17.1. The van der Waals surface area contributed by atoms with Gasteiger partial charge < -0.3 is 10.6 Å². The van der Waals surface area contributed by atoms with Gasteiger partial charge in [-0.15, -0.1) is 11.3 Å². The monoisotopic (exact) mass is 446 g/mol. The van der Waals surface area contributed by atoms with Crippen LogP contribution in [0.5, 0.6) is 0 Å². The minimum atomic E-state index is -0.611. The van der Waals surface area contributed by atoms with E-state index in [0.29, 0.717) is 17.8 Å². The molecule has 1 aromatic carbocycles. The van der Waals surface area contributed by atoms with Gasteiger partial charge in [-0.3, -0.25) is 9.59 Å². The number of carbonyl (C=O) groups excluding carboxylic acids is 2.